The standard InChI is InChI=1S/C20H25F3N2O3/c1-6-28-17(27)16-12(2)25(18(24-16)19(3,4)5)10-14-8-7-13(11-26)9-15(14)20(21,22)23/h7-9,26H,6,10-11H2,1-5H3. The van der Waals surface area contributed by atoms with Crippen LogP contribution in [0, 0.1) is 6.92 Å². The highest BCUT2D eigenvalue weighted by Gasteiger charge is 2.35. The lowest BCUT2D eigenvalue weighted by Crippen LogP contribution is -2.21. The molecule has 2 rings (SSSR count). The monoisotopic (exact) mass is 398 g/mol. The number of imidazole rings is 1. The molecule has 0 unspecified atom stereocenters. The lowest BCUT2D eigenvalue weighted by atomic mass is 9.95. The van der Waals surface area contributed by atoms with Crippen LogP contribution in [0.4, 0.5) is 13.2 Å². The third-order valence-electron chi connectivity index (χ3n) is 4.35. The maximum atomic E-state index is 13.6. The Labute approximate surface area is 162 Å². The maximum absolute atomic E-state index is 13.6. The number of halogens is 3. The average molecular weight is 398 g/mol. The molecule has 0 aliphatic carbocycles. The summed E-state index contributed by atoms with van der Waals surface area (Å²) in [6.07, 6.45) is -4.57. The van der Waals surface area contributed by atoms with Crippen molar-refractivity contribution in [3.63, 3.8) is 0 Å². The van der Waals surface area contributed by atoms with Crippen LogP contribution in [0.3, 0.4) is 0 Å². The van der Waals surface area contributed by atoms with E-state index in [1.165, 1.54) is 12.1 Å². The van der Waals surface area contributed by atoms with E-state index in [0.29, 0.717) is 11.5 Å². The summed E-state index contributed by atoms with van der Waals surface area (Å²) in [4.78, 5) is 16.6. The molecule has 0 saturated carbocycles. The van der Waals surface area contributed by atoms with E-state index in [2.05, 4.69) is 4.98 Å². The summed E-state index contributed by atoms with van der Waals surface area (Å²) in [6.45, 7) is 8.53. The van der Waals surface area contributed by atoms with Crippen molar-refractivity contribution in [2.45, 2.75) is 59.4 Å². The molecular formula is C20H25F3N2O3. The number of carbonyl (C=O) groups is 1. The van der Waals surface area contributed by atoms with Crippen LogP contribution >= 0.6 is 0 Å². The van der Waals surface area contributed by atoms with Gasteiger partial charge >= 0.3 is 12.1 Å². The van der Waals surface area contributed by atoms with Crippen molar-refractivity contribution in [1.82, 2.24) is 9.55 Å². The first-order chi connectivity index (χ1) is 12.9. The van der Waals surface area contributed by atoms with Crippen LogP contribution in [-0.4, -0.2) is 27.2 Å². The van der Waals surface area contributed by atoms with E-state index in [4.69, 9.17) is 4.74 Å². The van der Waals surface area contributed by atoms with Gasteiger partial charge in [-0.05, 0) is 31.0 Å². The molecule has 1 heterocycles. The summed E-state index contributed by atoms with van der Waals surface area (Å²) in [5.74, 6) is -0.108. The highest BCUT2D eigenvalue weighted by molar-refractivity contribution is 5.88. The number of rotatable bonds is 5. The van der Waals surface area contributed by atoms with Crippen LogP contribution < -0.4 is 0 Å². The number of ether oxygens (including phenoxy) is 1. The molecule has 0 saturated heterocycles. The third kappa shape index (κ3) is 4.55. The van der Waals surface area contributed by atoms with Crippen molar-refractivity contribution in [2.24, 2.45) is 0 Å². The molecule has 8 heteroatoms. The number of benzene rings is 1. The number of hydrogen-bond donors (Lipinski definition) is 1. The van der Waals surface area contributed by atoms with Gasteiger partial charge in [0, 0.05) is 17.7 Å². The number of hydrogen-bond acceptors (Lipinski definition) is 4. The number of aliphatic hydroxyl groups excluding tert-OH is 1. The minimum atomic E-state index is -4.57. The summed E-state index contributed by atoms with van der Waals surface area (Å²) in [6, 6.07) is 3.76. The second-order valence-electron chi connectivity index (χ2n) is 7.57. The number of esters is 1. The molecule has 0 spiro atoms. The second kappa shape index (κ2) is 7.95. The summed E-state index contributed by atoms with van der Waals surface area (Å²) in [5, 5.41) is 9.18. The Morgan fingerprint density at radius 2 is 1.89 bits per heavy atom. The Kier molecular flexibility index (Phi) is 6.23. The molecule has 0 atom stereocenters. The Morgan fingerprint density at radius 1 is 1.25 bits per heavy atom. The Bertz CT molecular complexity index is 865. The summed E-state index contributed by atoms with van der Waals surface area (Å²) in [5.41, 5.74) is -0.550. The molecule has 0 radical (unpaired) electrons. The predicted molar refractivity (Wildman–Crippen MR) is 98.1 cm³/mol. The van der Waals surface area contributed by atoms with Gasteiger partial charge in [0.25, 0.3) is 0 Å². The lowest BCUT2D eigenvalue weighted by molar-refractivity contribution is -0.138. The van der Waals surface area contributed by atoms with Gasteiger partial charge in [-0.1, -0.05) is 32.9 Å². The van der Waals surface area contributed by atoms with E-state index < -0.39 is 29.7 Å². The highest BCUT2D eigenvalue weighted by Crippen LogP contribution is 2.34. The minimum Gasteiger partial charge on any atom is -0.461 e. The molecule has 0 aliphatic rings. The van der Waals surface area contributed by atoms with Gasteiger partial charge in [-0.3, -0.25) is 0 Å². The van der Waals surface area contributed by atoms with E-state index in [0.717, 1.165) is 6.07 Å². The van der Waals surface area contributed by atoms with Crippen molar-refractivity contribution in [3.8, 4) is 0 Å². The zero-order chi connectivity index (χ0) is 21.3. The molecule has 1 aromatic heterocycles. The van der Waals surface area contributed by atoms with E-state index in [1.54, 1.807) is 18.4 Å². The molecule has 28 heavy (non-hydrogen) atoms. The lowest BCUT2D eigenvalue weighted by Gasteiger charge is -2.22. The number of alkyl halides is 3. The Morgan fingerprint density at radius 3 is 2.39 bits per heavy atom. The third-order valence-corrected chi connectivity index (χ3v) is 4.35. The van der Waals surface area contributed by atoms with E-state index >= 15 is 0 Å². The van der Waals surface area contributed by atoms with Crippen LogP contribution in [0.15, 0.2) is 18.2 Å². The molecular weight excluding hydrogens is 373 g/mol. The number of aliphatic hydroxyl groups is 1. The fraction of sp³-hybridized carbons (Fsp3) is 0.500. The van der Waals surface area contributed by atoms with Crippen LogP contribution in [0.25, 0.3) is 0 Å². The predicted octanol–water partition coefficient (Wildman–Crippen LogP) is 4.23. The molecule has 5 nitrogen and oxygen atoms in total. The minimum absolute atomic E-state index is 0.0334. The van der Waals surface area contributed by atoms with Gasteiger partial charge in [0.05, 0.1) is 18.8 Å². The van der Waals surface area contributed by atoms with Gasteiger partial charge in [0.2, 0.25) is 0 Å². The zero-order valence-corrected chi connectivity index (χ0v) is 16.6. The van der Waals surface area contributed by atoms with Crippen LogP contribution in [-0.2, 0) is 29.5 Å². The van der Waals surface area contributed by atoms with Crippen molar-refractivity contribution in [2.75, 3.05) is 6.61 Å². The smallest absolute Gasteiger partial charge is 0.416 e. The number of carbonyl (C=O) groups excluding carboxylic acids is 1. The highest BCUT2D eigenvalue weighted by atomic mass is 19.4. The number of nitrogens with zero attached hydrogens (tertiary/aromatic N) is 2. The molecule has 154 valence electrons. The molecule has 2 aromatic rings. The number of aromatic nitrogens is 2. The largest absolute Gasteiger partial charge is 0.461 e. The maximum Gasteiger partial charge on any atom is 0.416 e. The SMILES string of the molecule is CCOC(=O)c1nc(C(C)(C)C)n(Cc2ccc(CO)cc2C(F)(F)F)c1C. The first-order valence-electron chi connectivity index (χ1n) is 8.94. The molecule has 0 fully saturated rings. The normalized spacial score (nSPS) is 12.3. The van der Waals surface area contributed by atoms with Gasteiger partial charge in [-0.2, -0.15) is 13.2 Å². The Balaban J connectivity index is 2.62. The molecule has 0 amide bonds. The fourth-order valence-corrected chi connectivity index (χ4v) is 2.99. The summed E-state index contributed by atoms with van der Waals surface area (Å²) in [7, 11) is 0. The van der Waals surface area contributed by atoms with Crippen molar-refractivity contribution < 1.29 is 27.8 Å². The first kappa shape index (κ1) is 21.9. The van der Waals surface area contributed by atoms with Gasteiger partial charge < -0.3 is 14.4 Å². The summed E-state index contributed by atoms with van der Waals surface area (Å²) >= 11 is 0. The fourth-order valence-electron chi connectivity index (χ4n) is 2.99. The second-order valence-corrected chi connectivity index (χ2v) is 7.57. The zero-order valence-electron chi connectivity index (χ0n) is 16.6. The average Bonchev–Trinajstić information content (AvgIpc) is 2.91. The van der Waals surface area contributed by atoms with Gasteiger partial charge in [-0.15, -0.1) is 0 Å². The quantitative estimate of drug-likeness (QED) is 0.766. The summed E-state index contributed by atoms with van der Waals surface area (Å²) < 4.78 is 47.3. The molecule has 0 aliphatic heterocycles. The van der Waals surface area contributed by atoms with Gasteiger partial charge in [0.15, 0.2) is 5.69 Å². The molecule has 1 aromatic carbocycles. The molecule has 1 N–H and O–H groups in total. The van der Waals surface area contributed by atoms with Crippen molar-refractivity contribution in [1.29, 1.82) is 0 Å². The van der Waals surface area contributed by atoms with Crippen molar-refractivity contribution >= 4 is 5.97 Å². The van der Waals surface area contributed by atoms with E-state index in [9.17, 15) is 23.1 Å². The van der Waals surface area contributed by atoms with Gasteiger partial charge in [-0.25, -0.2) is 9.78 Å². The molecule has 0 bridgehead atoms. The van der Waals surface area contributed by atoms with Crippen LogP contribution in [0.5, 0.6) is 0 Å². The van der Waals surface area contributed by atoms with Crippen molar-refractivity contribution in [3.05, 3.63) is 52.1 Å². The van der Waals surface area contributed by atoms with Crippen LogP contribution in [0.2, 0.25) is 0 Å². The Hall–Kier alpha value is -2.35. The van der Waals surface area contributed by atoms with Crippen LogP contribution in [0.1, 0.15) is 66.4 Å². The van der Waals surface area contributed by atoms with Gasteiger partial charge in [0.1, 0.15) is 5.82 Å². The topological polar surface area (TPSA) is 64.3 Å². The first-order valence-corrected chi connectivity index (χ1v) is 8.94. The van der Waals surface area contributed by atoms with E-state index in [1.807, 2.05) is 20.8 Å². The van der Waals surface area contributed by atoms with E-state index in [-0.39, 0.29) is 30.0 Å².